The summed E-state index contributed by atoms with van der Waals surface area (Å²) in [6.45, 7) is 0.737. The van der Waals surface area contributed by atoms with Crippen molar-refractivity contribution in [3.05, 3.63) is 53.6 Å². The number of aromatic hydroxyl groups is 1. The standard InChI is InChI=1S/C26H26O2S/c27-22-16-21-25(19-15-24-23(14-18(19)22)28-12-13-29-24)17-8-4-5-9-20(17)26(21)10-6-2-1-3-7-11-26/h4-5,8-9,14-16,27H,1-3,6-7,10-13H2. The van der Waals surface area contributed by atoms with Crippen LogP contribution in [0.5, 0.6) is 11.5 Å². The molecule has 2 aliphatic carbocycles. The molecule has 0 unspecified atom stereocenters. The fourth-order valence-electron chi connectivity index (χ4n) is 5.92. The van der Waals surface area contributed by atoms with Crippen molar-refractivity contribution >= 4 is 22.5 Å². The maximum Gasteiger partial charge on any atom is 0.133 e. The van der Waals surface area contributed by atoms with Gasteiger partial charge in [-0.2, -0.15) is 0 Å². The van der Waals surface area contributed by atoms with E-state index in [-0.39, 0.29) is 5.41 Å². The van der Waals surface area contributed by atoms with Gasteiger partial charge in [-0.15, -0.1) is 11.8 Å². The Balaban J connectivity index is 1.68. The maximum absolute atomic E-state index is 11.1. The van der Waals surface area contributed by atoms with E-state index < -0.39 is 0 Å². The number of benzene rings is 3. The van der Waals surface area contributed by atoms with Gasteiger partial charge < -0.3 is 9.84 Å². The molecule has 0 radical (unpaired) electrons. The van der Waals surface area contributed by atoms with Crippen LogP contribution in [0.1, 0.15) is 56.1 Å². The molecule has 0 bridgehead atoms. The van der Waals surface area contributed by atoms with Crippen LogP contribution in [0.15, 0.2) is 47.4 Å². The summed E-state index contributed by atoms with van der Waals surface area (Å²) in [7, 11) is 0. The van der Waals surface area contributed by atoms with E-state index in [0.717, 1.165) is 23.5 Å². The second kappa shape index (κ2) is 6.70. The van der Waals surface area contributed by atoms with Crippen molar-refractivity contribution in [2.24, 2.45) is 0 Å². The molecule has 3 heteroatoms. The van der Waals surface area contributed by atoms with Gasteiger partial charge >= 0.3 is 0 Å². The van der Waals surface area contributed by atoms with Gasteiger partial charge in [0.25, 0.3) is 0 Å². The monoisotopic (exact) mass is 402 g/mol. The van der Waals surface area contributed by atoms with Gasteiger partial charge in [-0.1, -0.05) is 56.4 Å². The van der Waals surface area contributed by atoms with Crippen molar-refractivity contribution in [1.29, 1.82) is 0 Å². The molecular weight excluding hydrogens is 376 g/mol. The molecule has 6 rings (SSSR count). The smallest absolute Gasteiger partial charge is 0.133 e. The van der Waals surface area contributed by atoms with E-state index in [1.807, 2.05) is 11.8 Å². The van der Waals surface area contributed by atoms with E-state index in [2.05, 4.69) is 42.5 Å². The largest absolute Gasteiger partial charge is 0.507 e. The number of rotatable bonds is 0. The minimum Gasteiger partial charge on any atom is -0.507 e. The second-order valence-electron chi connectivity index (χ2n) is 8.76. The molecule has 0 atom stereocenters. The Bertz CT molecular complexity index is 1110. The molecule has 29 heavy (non-hydrogen) atoms. The summed E-state index contributed by atoms with van der Waals surface area (Å²) in [4.78, 5) is 1.20. The first kappa shape index (κ1) is 17.7. The van der Waals surface area contributed by atoms with Crippen molar-refractivity contribution in [1.82, 2.24) is 0 Å². The Morgan fingerprint density at radius 2 is 1.66 bits per heavy atom. The minimum atomic E-state index is 0.0531. The van der Waals surface area contributed by atoms with Crippen LogP contribution in [-0.4, -0.2) is 17.5 Å². The first-order valence-corrected chi connectivity index (χ1v) is 12.0. The first-order chi connectivity index (χ1) is 14.3. The lowest BCUT2D eigenvalue weighted by atomic mass is 9.69. The molecule has 1 heterocycles. The Morgan fingerprint density at radius 3 is 2.52 bits per heavy atom. The average Bonchev–Trinajstić information content (AvgIpc) is 3.00. The highest BCUT2D eigenvalue weighted by Gasteiger charge is 2.43. The summed E-state index contributed by atoms with van der Waals surface area (Å²) in [6.07, 6.45) is 8.90. The zero-order chi connectivity index (χ0) is 19.4. The van der Waals surface area contributed by atoms with Crippen LogP contribution in [0, 0.1) is 0 Å². The van der Waals surface area contributed by atoms with Crippen LogP contribution in [0.4, 0.5) is 0 Å². The third kappa shape index (κ3) is 2.56. The van der Waals surface area contributed by atoms with Gasteiger partial charge in [0.1, 0.15) is 11.5 Å². The molecular formula is C26H26O2S. The molecule has 148 valence electrons. The minimum absolute atomic E-state index is 0.0531. The molecule has 2 nitrogen and oxygen atoms in total. The van der Waals surface area contributed by atoms with Gasteiger partial charge in [0.2, 0.25) is 0 Å². The lowest BCUT2D eigenvalue weighted by Gasteiger charge is -2.34. The van der Waals surface area contributed by atoms with Gasteiger partial charge in [-0.25, -0.2) is 0 Å². The summed E-state index contributed by atoms with van der Waals surface area (Å²) in [5.41, 5.74) is 5.60. The zero-order valence-corrected chi connectivity index (χ0v) is 17.5. The number of hydrogen-bond acceptors (Lipinski definition) is 3. The maximum atomic E-state index is 11.1. The third-order valence-electron chi connectivity index (χ3n) is 7.21. The van der Waals surface area contributed by atoms with Crippen molar-refractivity contribution in [3.8, 4) is 22.6 Å². The van der Waals surface area contributed by atoms with Gasteiger partial charge in [-0.3, -0.25) is 0 Å². The number of ether oxygens (including phenoxy) is 1. The molecule has 3 aromatic rings. The lowest BCUT2D eigenvalue weighted by molar-refractivity contribution is 0.330. The topological polar surface area (TPSA) is 29.5 Å². The molecule has 1 saturated carbocycles. The fraction of sp³-hybridized carbons (Fsp3) is 0.385. The van der Waals surface area contributed by atoms with E-state index in [1.54, 1.807) is 0 Å². The van der Waals surface area contributed by atoms with Crippen molar-refractivity contribution < 1.29 is 9.84 Å². The summed E-state index contributed by atoms with van der Waals surface area (Å²) in [5, 5.41) is 13.2. The summed E-state index contributed by atoms with van der Waals surface area (Å²) in [6, 6.07) is 15.4. The number of thioether (sulfide) groups is 1. The Kier molecular flexibility index (Phi) is 4.09. The molecule has 1 N–H and O–H groups in total. The van der Waals surface area contributed by atoms with E-state index in [1.165, 1.54) is 77.5 Å². The van der Waals surface area contributed by atoms with Crippen LogP contribution in [0.25, 0.3) is 21.9 Å². The Labute approximate surface area is 176 Å². The van der Waals surface area contributed by atoms with Gasteiger partial charge in [0.15, 0.2) is 0 Å². The van der Waals surface area contributed by atoms with Crippen molar-refractivity contribution in [2.45, 2.75) is 55.3 Å². The predicted octanol–water partition coefficient (Wildman–Crippen LogP) is 7.04. The highest BCUT2D eigenvalue weighted by atomic mass is 32.2. The van der Waals surface area contributed by atoms with Crippen LogP contribution in [-0.2, 0) is 5.41 Å². The molecule has 3 aromatic carbocycles. The van der Waals surface area contributed by atoms with Gasteiger partial charge in [0, 0.05) is 16.6 Å². The van der Waals surface area contributed by atoms with Crippen molar-refractivity contribution in [2.75, 3.05) is 12.4 Å². The normalized spacial score (nSPS) is 19.7. The summed E-state index contributed by atoms with van der Waals surface area (Å²) in [5.74, 6) is 2.30. The first-order valence-electron chi connectivity index (χ1n) is 11.0. The molecule has 1 spiro atoms. The van der Waals surface area contributed by atoms with Gasteiger partial charge in [-0.05, 0) is 58.7 Å². The molecule has 1 aliphatic heterocycles. The molecule has 1 fully saturated rings. The number of fused-ring (bicyclic) bond motifs is 8. The number of hydrogen-bond donors (Lipinski definition) is 1. The SMILES string of the molecule is Oc1cc2c(c3cc4c(cc13)OCCS4)-c1ccccc1C21CCCCCCC1. The van der Waals surface area contributed by atoms with Crippen molar-refractivity contribution in [3.63, 3.8) is 0 Å². The number of phenols is 1. The Hall–Kier alpha value is -2.13. The van der Waals surface area contributed by atoms with Crippen LogP contribution in [0.3, 0.4) is 0 Å². The lowest BCUT2D eigenvalue weighted by Crippen LogP contribution is -2.26. The molecule has 0 amide bonds. The summed E-state index contributed by atoms with van der Waals surface area (Å²) < 4.78 is 5.88. The van der Waals surface area contributed by atoms with Crippen LogP contribution < -0.4 is 4.74 Å². The van der Waals surface area contributed by atoms with E-state index >= 15 is 0 Å². The fourth-order valence-corrected chi connectivity index (χ4v) is 6.77. The van der Waals surface area contributed by atoms with Crippen LogP contribution in [0.2, 0.25) is 0 Å². The highest BCUT2D eigenvalue weighted by molar-refractivity contribution is 7.99. The van der Waals surface area contributed by atoms with Crippen LogP contribution >= 0.6 is 11.8 Å². The zero-order valence-electron chi connectivity index (χ0n) is 16.7. The summed E-state index contributed by atoms with van der Waals surface area (Å²) >= 11 is 1.86. The molecule has 0 aromatic heterocycles. The highest BCUT2D eigenvalue weighted by Crippen LogP contribution is 2.58. The molecule has 3 aliphatic rings. The second-order valence-corrected chi connectivity index (χ2v) is 9.89. The Morgan fingerprint density at radius 1 is 0.862 bits per heavy atom. The predicted molar refractivity (Wildman–Crippen MR) is 120 cm³/mol. The third-order valence-corrected chi connectivity index (χ3v) is 8.21. The van der Waals surface area contributed by atoms with Gasteiger partial charge in [0.05, 0.1) is 11.5 Å². The average molecular weight is 403 g/mol. The molecule has 0 saturated heterocycles. The van der Waals surface area contributed by atoms with E-state index in [9.17, 15) is 5.11 Å². The quantitative estimate of drug-likeness (QED) is 0.437. The number of phenolic OH excluding ortho intramolecular Hbond substituents is 1. The van der Waals surface area contributed by atoms with E-state index in [0.29, 0.717) is 5.75 Å². The van der Waals surface area contributed by atoms with E-state index in [4.69, 9.17) is 4.74 Å².